The first-order valence-corrected chi connectivity index (χ1v) is 12.5. The molecule has 0 heterocycles. The van der Waals surface area contributed by atoms with E-state index in [-0.39, 0.29) is 31.8 Å². The van der Waals surface area contributed by atoms with E-state index in [1.807, 2.05) is 0 Å². The third-order valence-electron chi connectivity index (χ3n) is 5.54. The number of amides is 3. The Morgan fingerprint density at radius 1 is 0.757 bits per heavy atom. The summed E-state index contributed by atoms with van der Waals surface area (Å²) in [7, 11) is 0. The van der Waals surface area contributed by atoms with Gasteiger partial charge in [-0.25, -0.2) is 4.79 Å². The Morgan fingerprint density at radius 2 is 1.19 bits per heavy atom. The van der Waals surface area contributed by atoms with Gasteiger partial charge >= 0.3 is 5.97 Å². The second-order valence-corrected chi connectivity index (χ2v) is 8.81. The highest BCUT2D eigenvalue weighted by Crippen LogP contribution is 2.07. The van der Waals surface area contributed by atoms with Crippen LogP contribution >= 0.6 is 0 Å². The van der Waals surface area contributed by atoms with Gasteiger partial charge in [0.05, 0.1) is 6.10 Å². The van der Waals surface area contributed by atoms with E-state index in [2.05, 4.69) is 20.9 Å². The van der Waals surface area contributed by atoms with Gasteiger partial charge in [0, 0.05) is 6.54 Å². The van der Waals surface area contributed by atoms with Crippen LogP contribution in [0.15, 0.2) is 4.99 Å². The second-order valence-electron chi connectivity index (χ2n) is 8.81. The molecule has 0 saturated carbocycles. The number of guanidine groups is 1. The maximum Gasteiger partial charge on any atom is 0.326 e. The number of unbranched alkanes of at least 4 members (excludes halogenated alkanes) is 2. The molecule has 5 atom stereocenters. The van der Waals surface area contributed by atoms with Crippen LogP contribution in [0.4, 0.5) is 0 Å². The minimum absolute atomic E-state index is 0.0658. The average molecular weight is 532 g/mol. The van der Waals surface area contributed by atoms with Crippen LogP contribution in [0, 0.1) is 0 Å². The zero-order valence-corrected chi connectivity index (χ0v) is 21.5. The standard InChI is InChI=1S/C22H45N9O6/c1-13(32)17(25)20(35)30-15(8-3-5-11-24)18(33)29-14(7-2-4-10-23)19(34)31-16(21(36)37)9-6-12-28-22(26)27/h13-17,32H,2-12,23-25H2,1H3,(H,29,33)(H,30,35)(H,31,34)(H,36,37)(H4,26,27,28)/t13-,14+,15+,16+,17+/m1/s1. The number of carbonyl (C=O) groups is 4. The normalized spacial score (nSPS) is 14.9. The van der Waals surface area contributed by atoms with Gasteiger partial charge in [0.15, 0.2) is 5.96 Å². The largest absolute Gasteiger partial charge is 0.480 e. The number of hydrogen-bond donors (Lipinski definition) is 10. The summed E-state index contributed by atoms with van der Waals surface area (Å²) in [6.07, 6.45) is 1.85. The fourth-order valence-corrected chi connectivity index (χ4v) is 3.32. The fourth-order valence-electron chi connectivity index (χ4n) is 3.32. The number of nitrogens with one attached hydrogen (secondary N) is 3. The van der Waals surface area contributed by atoms with Gasteiger partial charge in [0.1, 0.15) is 24.2 Å². The molecule has 0 aliphatic rings. The van der Waals surface area contributed by atoms with Crippen molar-refractivity contribution in [3.8, 4) is 0 Å². The number of carbonyl (C=O) groups excluding carboxylic acids is 3. The summed E-state index contributed by atoms with van der Waals surface area (Å²) in [5.74, 6) is -3.42. The first-order valence-electron chi connectivity index (χ1n) is 12.5. The summed E-state index contributed by atoms with van der Waals surface area (Å²) in [6.45, 7) is 2.30. The number of nitrogens with zero attached hydrogens (tertiary/aromatic N) is 1. The molecule has 0 spiro atoms. The lowest BCUT2D eigenvalue weighted by Crippen LogP contribution is -2.58. The molecule has 0 saturated heterocycles. The number of hydrogen-bond acceptors (Lipinski definition) is 9. The summed E-state index contributed by atoms with van der Waals surface area (Å²) in [4.78, 5) is 53.9. The molecule has 0 rings (SSSR count). The van der Waals surface area contributed by atoms with Crippen molar-refractivity contribution in [1.29, 1.82) is 0 Å². The average Bonchev–Trinajstić information content (AvgIpc) is 2.83. The zero-order valence-electron chi connectivity index (χ0n) is 21.5. The Hall–Kier alpha value is -3.01. The molecule has 0 radical (unpaired) electrons. The summed E-state index contributed by atoms with van der Waals surface area (Å²) >= 11 is 0. The molecular formula is C22H45N9O6. The number of carboxylic acids is 1. The van der Waals surface area contributed by atoms with Gasteiger partial charge in [-0.2, -0.15) is 0 Å². The number of aliphatic hydroxyl groups is 1. The molecule has 0 aromatic rings. The van der Waals surface area contributed by atoms with Crippen LogP contribution in [-0.4, -0.2) is 89.8 Å². The van der Waals surface area contributed by atoms with E-state index in [0.717, 1.165) is 0 Å². The summed E-state index contributed by atoms with van der Waals surface area (Å²) in [6, 6.07) is -4.58. The minimum Gasteiger partial charge on any atom is -0.480 e. The van der Waals surface area contributed by atoms with Crippen molar-refractivity contribution in [1.82, 2.24) is 16.0 Å². The minimum atomic E-state index is -1.25. The Labute approximate surface area is 217 Å². The molecule has 15 N–H and O–H groups in total. The Kier molecular flexibility index (Phi) is 17.6. The highest BCUT2D eigenvalue weighted by atomic mass is 16.4. The van der Waals surface area contributed by atoms with E-state index in [1.54, 1.807) is 0 Å². The van der Waals surface area contributed by atoms with Crippen molar-refractivity contribution < 1.29 is 29.4 Å². The molecule has 3 amide bonds. The summed E-state index contributed by atoms with van der Waals surface area (Å²) in [5, 5.41) is 26.7. The molecule has 15 nitrogen and oxygen atoms in total. The molecule has 214 valence electrons. The SMILES string of the molecule is C[C@@H](O)[C@H](N)C(=O)N[C@@H](CCCCN)C(=O)N[C@@H](CCCCN)C(=O)N[C@@H](CCCN=C(N)N)C(=O)O. The molecule has 0 aliphatic carbocycles. The van der Waals surface area contributed by atoms with Gasteiger partial charge in [-0.3, -0.25) is 19.4 Å². The first-order chi connectivity index (χ1) is 17.4. The van der Waals surface area contributed by atoms with Gasteiger partial charge in [-0.1, -0.05) is 0 Å². The van der Waals surface area contributed by atoms with Gasteiger partial charge < -0.3 is 54.8 Å². The molecule has 15 heteroatoms. The number of aliphatic carboxylic acids is 1. The molecule has 0 aliphatic heterocycles. The maximum atomic E-state index is 13.1. The Bertz CT molecular complexity index is 746. The van der Waals surface area contributed by atoms with Crippen molar-refractivity contribution in [2.45, 2.75) is 88.6 Å². The number of nitrogens with two attached hydrogens (primary N) is 5. The van der Waals surface area contributed by atoms with Gasteiger partial charge in [0.2, 0.25) is 17.7 Å². The molecule has 37 heavy (non-hydrogen) atoms. The van der Waals surface area contributed by atoms with E-state index in [4.69, 9.17) is 28.7 Å². The lowest BCUT2D eigenvalue weighted by Gasteiger charge is -2.25. The summed E-state index contributed by atoms with van der Waals surface area (Å²) in [5.41, 5.74) is 27.3. The van der Waals surface area contributed by atoms with Crippen molar-refractivity contribution in [2.75, 3.05) is 19.6 Å². The molecule has 0 unspecified atom stereocenters. The molecule has 0 fully saturated rings. The lowest BCUT2D eigenvalue weighted by molar-refractivity contribution is -0.142. The van der Waals surface area contributed by atoms with E-state index in [0.29, 0.717) is 45.2 Å². The van der Waals surface area contributed by atoms with Crippen molar-refractivity contribution in [3.05, 3.63) is 0 Å². The van der Waals surface area contributed by atoms with E-state index >= 15 is 0 Å². The number of aliphatic hydroxyl groups excluding tert-OH is 1. The number of carboxylic acid groups (broad SMARTS) is 1. The molecule has 0 aromatic carbocycles. The fraction of sp³-hybridized carbons (Fsp3) is 0.773. The topological polar surface area (TPSA) is 287 Å². The number of rotatable bonds is 20. The Balaban J connectivity index is 5.50. The Morgan fingerprint density at radius 3 is 1.59 bits per heavy atom. The van der Waals surface area contributed by atoms with E-state index < -0.39 is 54.0 Å². The highest BCUT2D eigenvalue weighted by Gasteiger charge is 2.30. The third kappa shape index (κ3) is 15.0. The predicted octanol–water partition coefficient (Wildman–Crippen LogP) is -3.45. The predicted molar refractivity (Wildman–Crippen MR) is 139 cm³/mol. The van der Waals surface area contributed by atoms with E-state index in [1.165, 1.54) is 6.92 Å². The molecule has 0 aromatic heterocycles. The van der Waals surface area contributed by atoms with Crippen LogP contribution in [0.3, 0.4) is 0 Å². The molecule has 0 bridgehead atoms. The van der Waals surface area contributed by atoms with Crippen LogP contribution < -0.4 is 44.6 Å². The first kappa shape index (κ1) is 34.0. The van der Waals surface area contributed by atoms with Crippen LogP contribution in [-0.2, 0) is 19.2 Å². The maximum absolute atomic E-state index is 13.1. The molecular weight excluding hydrogens is 486 g/mol. The smallest absolute Gasteiger partial charge is 0.326 e. The lowest BCUT2D eigenvalue weighted by atomic mass is 10.0. The van der Waals surface area contributed by atoms with Crippen LogP contribution in [0.2, 0.25) is 0 Å². The quantitative estimate of drug-likeness (QED) is 0.0418. The van der Waals surface area contributed by atoms with Crippen molar-refractivity contribution >= 4 is 29.7 Å². The third-order valence-corrected chi connectivity index (χ3v) is 5.54. The van der Waals surface area contributed by atoms with Crippen LogP contribution in [0.1, 0.15) is 58.3 Å². The number of aliphatic imine (C=N–C) groups is 1. The zero-order chi connectivity index (χ0) is 28.4. The van der Waals surface area contributed by atoms with Gasteiger partial charge in [-0.05, 0) is 71.4 Å². The highest BCUT2D eigenvalue weighted by molar-refractivity contribution is 5.94. The second kappa shape index (κ2) is 19.1. The summed E-state index contributed by atoms with van der Waals surface area (Å²) < 4.78 is 0. The van der Waals surface area contributed by atoms with Crippen molar-refractivity contribution in [3.63, 3.8) is 0 Å². The van der Waals surface area contributed by atoms with E-state index in [9.17, 15) is 29.4 Å². The van der Waals surface area contributed by atoms with Crippen molar-refractivity contribution in [2.24, 2.45) is 33.7 Å². The van der Waals surface area contributed by atoms with Gasteiger partial charge in [0.25, 0.3) is 0 Å². The van der Waals surface area contributed by atoms with Gasteiger partial charge in [-0.15, -0.1) is 0 Å². The van der Waals surface area contributed by atoms with Crippen LogP contribution in [0.5, 0.6) is 0 Å². The van der Waals surface area contributed by atoms with Crippen LogP contribution in [0.25, 0.3) is 0 Å². The monoisotopic (exact) mass is 531 g/mol.